The number of hydrogen-bond acceptors (Lipinski definition) is 0. The highest BCUT2D eigenvalue weighted by Crippen LogP contribution is 2.37. The lowest BCUT2D eigenvalue weighted by Crippen LogP contribution is -2.13. The zero-order valence-electron chi connectivity index (χ0n) is 18.1. The third-order valence-electron chi connectivity index (χ3n) is 6.09. The minimum atomic E-state index is 0.746. The van der Waals surface area contributed by atoms with Crippen LogP contribution in [0, 0.1) is 29.6 Å². The van der Waals surface area contributed by atoms with E-state index >= 15 is 0 Å². The molecule has 0 N–H and O–H groups in total. The molecular formula is C29H34. The predicted octanol–water partition coefficient (Wildman–Crippen LogP) is 7.70. The second-order valence-electron chi connectivity index (χ2n) is 8.32. The third-order valence-corrected chi connectivity index (χ3v) is 6.09. The first kappa shape index (κ1) is 21.3. The van der Waals surface area contributed by atoms with E-state index in [4.69, 9.17) is 0 Å². The number of rotatable bonds is 5. The molecular weight excluding hydrogens is 348 g/mol. The fraction of sp³-hybridized carbons (Fsp3) is 0.448. The highest BCUT2D eigenvalue weighted by molar-refractivity contribution is 5.46. The van der Waals surface area contributed by atoms with E-state index in [0.717, 1.165) is 34.9 Å². The topological polar surface area (TPSA) is 0 Å². The minimum Gasteiger partial charge on any atom is -0.0982 e. The molecule has 1 aliphatic carbocycles. The molecule has 0 bridgehead atoms. The van der Waals surface area contributed by atoms with Gasteiger partial charge in [0.05, 0.1) is 0 Å². The lowest BCUT2D eigenvalue weighted by Gasteiger charge is -2.29. The molecule has 1 aliphatic rings. The maximum Gasteiger partial charge on any atom is 0.0249 e. The summed E-state index contributed by atoms with van der Waals surface area (Å²) in [5.74, 6) is 14.6. The Morgan fingerprint density at radius 1 is 0.690 bits per heavy atom. The molecule has 2 aromatic carbocycles. The molecule has 29 heavy (non-hydrogen) atoms. The lowest BCUT2D eigenvalue weighted by atomic mass is 9.77. The Morgan fingerprint density at radius 2 is 1.24 bits per heavy atom. The monoisotopic (exact) mass is 382 g/mol. The van der Waals surface area contributed by atoms with Crippen molar-refractivity contribution < 1.29 is 0 Å². The summed E-state index contributed by atoms with van der Waals surface area (Å²) in [5.41, 5.74) is 4.69. The average molecular weight is 383 g/mol. The van der Waals surface area contributed by atoms with E-state index in [2.05, 4.69) is 73.9 Å². The van der Waals surface area contributed by atoms with Crippen LogP contribution >= 0.6 is 0 Å². The largest absolute Gasteiger partial charge is 0.0982 e. The fourth-order valence-electron chi connectivity index (χ4n) is 4.28. The molecule has 3 rings (SSSR count). The van der Waals surface area contributed by atoms with Gasteiger partial charge in [0.15, 0.2) is 0 Å². The van der Waals surface area contributed by atoms with E-state index in [0.29, 0.717) is 0 Å². The fourth-order valence-corrected chi connectivity index (χ4v) is 4.28. The molecule has 1 fully saturated rings. The van der Waals surface area contributed by atoms with Crippen molar-refractivity contribution in [1.82, 2.24) is 0 Å². The second-order valence-corrected chi connectivity index (χ2v) is 8.32. The Labute approximate surface area is 178 Å². The van der Waals surface area contributed by atoms with Crippen LogP contribution in [0.2, 0.25) is 0 Å². The van der Waals surface area contributed by atoms with Gasteiger partial charge < -0.3 is 0 Å². The van der Waals surface area contributed by atoms with Crippen LogP contribution in [0.25, 0.3) is 0 Å². The van der Waals surface area contributed by atoms with Gasteiger partial charge in [0, 0.05) is 23.1 Å². The van der Waals surface area contributed by atoms with Crippen LogP contribution in [0.1, 0.15) is 99.8 Å². The van der Waals surface area contributed by atoms with Crippen molar-refractivity contribution in [2.45, 2.75) is 77.6 Å². The van der Waals surface area contributed by atoms with Gasteiger partial charge in [0.2, 0.25) is 0 Å². The summed E-state index contributed by atoms with van der Waals surface area (Å²) >= 11 is 0. The molecule has 1 saturated carbocycles. The first-order chi connectivity index (χ1) is 14.3. The van der Waals surface area contributed by atoms with Crippen molar-refractivity contribution >= 4 is 0 Å². The Kier molecular flexibility index (Phi) is 8.46. The van der Waals surface area contributed by atoms with Gasteiger partial charge >= 0.3 is 0 Å². The molecule has 0 amide bonds. The Balaban J connectivity index is 1.53. The summed E-state index contributed by atoms with van der Waals surface area (Å²) in [5, 5.41) is 0. The first-order valence-corrected chi connectivity index (χ1v) is 11.5. The summed E-state index contributed by atoms with van der Waals surface area (Å²) in [7, 11) is 0. The maximum atomic E-state index is 3.30. The maximum absolute atomic E-state index is 3.30. The summed E-state index contributed by atoms with van der Waals surface area (Å²) in [6.07, 6.45) is 12.0. The molecule has 0 heterocycles. The van der Waals surface area contributed by atoms with Gasteiger partial charge in [0.1, 0.15) is 0 Å². The van der Waals surface area contributed by atoms with Crippen LogP contribution < -0.4 is 0 Å². The molecule has 0 atom stereocenters. The molecule has 0 saturated heterocycles. The molecule has 0 heteroatoms. The van der Waals surface area contributed by atoms with Crippen LogP contribution in [0.3, 0.4) is 0 Å². The summed E-state index contributed by atoms with van der Waals surface area (Å²) < 4.78 is 0. The SMILES string of the molecule is CCC#Cc1ccc(C#Cc2ccc(C3CCC(CCCCC)CC3)cc2)cc1. The summed E-state index contributed by atoms with van der Waals surface area (Å²) in [6.45, 7) is 4.36. The van der Waals surface area contributed by atoms with E-state index in [1.165, 1.54) is 56.9 Å². The number of unbranched alkanes of at least 4 members (excludes halogenated alkanes) is 2. The number of hydrogen-bond donors (Lipinski definition) is 0. The molecule has 0 aromatic heterocycles. The lowest BCUT2D eigenvalue weighted by molar-refractivity contribution is 0.303. The van der Waals surface area contributed by atoms with Gasteiger partial charge in [-0.05, 0) is 79.5 Å². The van der Waals surface area contributed by atoms with Gasteiger partial charge in [0.25, 0.3) is 0 Å². The smallest absolute Gasteiger partial charge is 0.0249 e. The molecule has 0 aliphatic heterocycles. The minimum absolute atomic E-state index is 0.746. The van der Waals surface area contributed by atoms with Crippen LogP contribution in [-0.4, -0.2) is 0 Å². The third kappa shape index (κ3) is 6.84. The van der Waals surface area contributed by atoms with Gasteiger partial charge in [-0.25, -0.2) is 0 Å². The summed E-state index contributed by atoms with van der Waals surface area (Å²) in [6, 6.07) is 17.2. The highest BCUT2D eigenvalue weighted by atomic mass is 14.3. The van der Waals surface area contributed by atoms with Crippen molar-refractivity contribution in [2.75, 3.05) is 0 Å². The van der Waals surface area contributed by atoms with Crippen LogP contribution in [0.15, 0.2) is 48.5 Å². The predicted molar refractivity (Wildman–Crippen MR) is 125 cm³/mol. The molecule has 0 radical (unpaired) electrons. The normalized spacial score (nSPS) is 18.3. The second kappa shape index (κ2) is 11.5. The van der Waals surface area contributed by atoms with E-state index in [1.54, 1.807) is 0 Å². The van der Waals surface area contributed by atoms with Crippen molar-refractivity contribution in [3.8, 4) is 23.7 Å². The van der Waals surface area contributed by atoms with Crippen molar-refractivity contribution in [2.24, 2.45) is 5.92 Å². The van der Waals surface area contributed by atoms with Crippen LogP contribution in [0.5, 0.6) is 0 Å². The van der Waals surface area contributed by atoms with Gasteiger partial charge in [-0.3, -0.25) is 0 Å². The average Bonchev–Trinajstić information content (AvgIpc) is 2.78. The van der Waals surface area contributed by atoms with Crippen molar-refractivity contribution in [3.05, 3.63) is 70.8 Å². The molecule has 0 nitrogen and oxygen atoms in total. The Bertz CT molecular complexity index is 854. The van der Waals surface area contributed by atoms with E-state index in [9.17, 15) is 0 Å². The summed E-state index contributed by atoms with van der Waals surface area (Å²) in [4.78, 5) is 0. The molecule has 150 valence electrons. The van der Waals surface area contributed by atoms with Gasteiger partial charge in [-0.1, -0.05) is 75.3 Å². The van der Waals surface area contributed by atoms with Crippen molar-refractivity contribution in [1.29, 1.82) is 0 Å². The van der Waals surface area contributed by atoms with Crippen LogP contribution in [0.4, 0.5) is 0 Å². The van der Waals surface area contributed by atoms with E-state index < -0.39 is 0 Å². The zero-order valence-corrected chi connectivity index (χ0v) is 18.1. The van der Waals surface area contributed by atoms with E-state index in [-0.39, 0.29) is 0 Å². The zero-order chi connectivity index (χ0) is 20.3. The molecule has 0 spiro atoms. The first-order valence-electron chi connectivity index (χ1n) is 11.5. The van der Waals surface area contributed by atoms with Crippen LogP contribution in [-0.2, 0) is 0 Å². The Morgan fingerprint density at radius 3 is 1.79 bits per heavy atom. The molecule has 0 unspecified atom stereocenters. The standard InChI is InChI=1S/C29H34/c1-3-5-7-9-25-16-20-28(21-17-25)29-22-18-27(19-23-29)15-14-26-12-10-24(11-13-26)8-6-4-2/h10-13,18-19,22-23,25,28H,3-5,7,9,16-17,20-21H2,1-2H3. The number of benzene rings is 2. The van der Waals surface area contributed by atoms with Crippen molar-refractivity contribution in [3.63, 3.8) is 0 Å². The van der Waals surface area contributed by atoms with E-state index in [1.807, 2.05) is 12.1 Å². The quantitative estimate of drug-likeness (QED) is 0.367. The van der Waals surface area contributed by atoms with Gasteiger partial charge in [-0.15, -0.1) is 0 Å². The molecule has 2 aromatic rings. The highest BCUT2D eigenvalue weighted by Gasteiger charge is 2.21. The Hall–Kier alpha value is -2.44. The van der Waals surface area contributed by atoms with Gasteiger partial charge in [-0.2, -0.15) is 0 Å².